The van der Waals surface area contributed by atoms with Crippen LogP contribution in [0.5, 0.6) is 0 Å². The summed E-state index contributed by atoms with van der Waals surface area (Å²) in [5, 5.41) is 1.50. The van der Waals surface area contributed by atoms with E-state index >= 15 is 0 Å². The van der Waals surface area contributed by atoms with Gasteiger partial charge in [-0.3, -0.25) is 4.79 Å². The van der Waals surface area contributed by atoms with E-state index in [4.69, 9.17) is 23.2 Å². The lowest BCUT2D eigenvalue weighted by Crippen LogP contribution is -2.15. The van der Waals surface area contributed by atoms with E-state index in [2.05, 4.69) is 26.0 Å². The highest BCUT2D eigenvalue weighted by atomic mass is 35.5. The molecule has 1 nitrogen and oxygen atoms in total. The van der Waals surface area contributed by atoms with Crippen LogP contribution in [0.1, 0.15) is 72.0 Å². The minimum absolute atomic E-state index is 0.113. The van der Waals surface area contributed by atoms with Gasteiger partial charge in [0.2, 0.25) is 0 Å². The molecule has 0 spiro atoms. The monoisotopic (exact) mass is 374 g/mol. The van der Waals surface area contributed by atoms with Gasteiger partial charge in [-0.05, 0) is 73.3 Å². The summed E-state index contributed by atoms with van der Waals surface area (Å²) in [6.07, 6.45) is 3.60. The highest BCUT2D eigenvalue weighted by molar-refractivity contribution is 6.35. The molecule has 0 amide bonds. The van der Waals surface area contributed by atoms with Crippen LogP contribution >= 0.6 is 23.2 Å². The number of ketones is 1. The van der Waals surface area contributed by atoms with E-state index in [-0.39, 0.29) is 5.78 Å². The van der Waals surface area contributed by atoms with Crippen LogP contribution < -0.4 is 0 Å². The molecule has 0 aromatic heterocycles. The van der Waals surface area contributed by atoms with Gasteiger partial charge in [0.25, 0.3) is 0 Å². The Morgan fingerprint density at radius 3 is 2.40 bits per heavy atom. The number of carbonyl (C=O) groups is 1. The van der Waals surface area contributed by atoms with E-state index < -0.39 is 0 Å². The van der Waals surface area contributed by atoms with Crippen LogP contribution in [0.2, 0.25) is 10.0 Å². The largest absolute Gasteiger partial charge is 0.295 e. The maximum absolute atomic E-state index is 11.5. The Morgan fingerprint density at radius 2 is 1.80 bits per heavy atom. The van der Waals surface area contributed by atoms with Crippen molar-refractivity contribution in [2.24, 2.45) is 5.92 Å². The second-order valence-corrected chi connectivity index (χ2v) is 8.13. The normalized spacial score (nSPS) is 21.3. The number of benzene rings is 2. The summed E-state index contributed by atoms with van der Waals surface area (Å²) >= 11 is 12.7. The number of Topliss-reactive ketones (excluding diaryl/α,β-unsaturated/α-hetero) is 1. The van der Waals surface area contributed by atoms with Crippen LogP contribution in [0.3, 0.4) is 0 Å². The number of rotatable bonds is 4. The van der Waals surface area contributed by atoms with Gasteiger partial charge in [-0.1, -0.05) is 60.8 Å². The predicted octanol–water partition coefficient (Wildman–Crippen LogP) is 7.19. The minimum Gasteiger partial charge on any atom is -0.295 e. The minimum atomic E-state index is 0.113. The van der Waals surface area contributed by atoms with E-state index in [1.54, 1.807) is 6.92 Å². The Bertz CT molecular complexity index is 756. The summed E-state index contributed by atoms with van der Waals surface area (Å²) in [5.74, 6) is 1.56. The summed E-state index contributed by atoms with van der Waals surface area (Å²) in [6.45, 7) is 6.01. The molecule has 0 bridgehead atoms. The second kappa shape index (κ2) is 7.51. The van der Waals surface area contributed by atoms with Gasteiger partial charge in [0.1, 0.15) is 0 Å². The van der Waals surface area contributed by atoms with Gasteiger partial charge in [-0.15, -0.1) is 0 Å². The average molecular weight is 375 g/mol. The molecular formula is C22H24Cl2O. The van der Waals surface area contributed by atoms with Crippen molar-refractivity contribution in [3.63, 3.8) is 0 Å². The SMILES string of the molecule is CC(=O)c1ccc(C(C)C2CCCC2c2c(C)cc(Cl)cc2Cl)cc1. The lowest BCUT2D eigenvalue weighted by atomic mass is 9.77. The summed E-state index contributed by atoms with van der Waals surface area (Å²) in [4.78, 5) is 11.5. The van der Waals surface area contributed by atoms with E-state index in [1.807, 2.05) is 24.3 Å². The standard InChI is InChI=1S/C22H24Cl2O/c1-13-11-18(23)12-21(24)22(13)20-6-4-5-19(20)14(2)16-7-9-17(10-8-16)15(3)25/h7-12,14,19-20H,4-6H2,1-3H3. The van der Waals surface area contributed by atoms with Crippen LogP contribution in [0.4, 0.5) is 0 Å². The molecule has 1 saturated carbocycles. The Labute approximate surface area is 160 Å². The van der Waals surface area contributed by atoms with E-state index in [0.717, 1.165) is 10.6 Å². The highest BCUT2D eigenvalue weighted by Gasteiger charge is 2.35. The van der Waals surface area contributed by atoms with Gasteiger partial charge in [-0.25, -0.2) is 0 Å². The molecule has 0 aliphatic heterocycles. The molecule has 0 radical (unpaired) electrons. The van der Waals surface area contributed by atoms with Gasteiger partial charge >= 0.3 is 0 Å². The molecule has 132 valence electrons. The molecule has 2 aromatic carbocycles. The molecule has 3 rings (SSSR count). The van der Waals surface area contributed by atoms with Crippen molar-refractivity contribution >= 4 is 29.0 Å². The molecule has 1 aliphatic rings. The van der Waals surface area contributed by atoms with Crippen LogP contribution in [0, 0.1) is 12.8 Å². The molecule has 2 aromatic rings. The maximum atomic E-state index is 11.5. The van der Waals surface area contributed by atoms with Gasteiger partial charge in [0, 0.05) is 15.6 Å². The van der Waals surface area contributed by atoms with E-state index in [9.17, 15) is 4.79 Å². The van der Waals surface area contributed by atoms with Crippen molar-refractivity contribution in [1.29, 1.82) is 0 Å². The first-order valence-corrected chi connectivity index (χ1v) is 9.70. The average Bonchev–Trinajstić information content (AvgIpc) is 3.02. The molecule has 3 unspecified atom stereocenters. The molecule has 3 atom stereocenters. The molecule has 3 heteroatoms. The van der Waals surface area contributed by atoms with E-state index in [1.165, 1.54) is 36.0 Å². The van der Waals surface area contributed by atoms with Gasteiger partial charge in [0.05, 0.1) is 0 Å². The smallest absolute Gasteiger partial charge is 0.159 e. The van der Waals surface area contributed by atoms with Crippen molar-refractivity contribution in [3.05, 3.63) is 68.7 Å². The summed E-state index contributed by atoms with van der Waals surface area (Å²) in [7, 11) is 0. The Balaban J connectivity index is 1.90. The van der Waals surface area contributed by atoms with Crippen LogP contribution in [0.25, 0.3) is 0 Å². The fourth-order valence-corrected chi connectivity index (χ4v) is 5.13. The number of carbonyl (C=O) groups excluding carboxylic acids is 1. The zero-order valence-electron chi connectivity index (χ0n) is 15.0. The van der Waals surface area contributed by atoms with Gasteiger partial charge in [-0.2, -0.15) is 0 Å². The van der Waals surface area contributed by atoms with Crippen molar-refractivity contribution < 1.29 is 4.79 Å². The van der Waals surface area contributed by atoms with Crippen LogP contribution in [-0.4, -0.2) is 5.78 Å². The molecule has 1 aliphatic carbocycles. The van der Waals surface area contributed by atoms with Crippen molar-refractivity contribution in [1.82, 2.24) is 0 Å². The molecule has 1 fully saturated rings. The Hall–Kier alpha value is -1.31. The van der Waals surface area contributed by atoms with Crippen LogP contribution in [0.15, 0.2) is 36.4 Å². The predicted molar refractivity (Wildman–Crippen MR) is 106 cm³/mol. The first kappa shape index (κ1) is 18.5. The second-order valence-electron chi connectivity index (χ2n) is 7.29. The van der Waals surface area contributed by atoms with Gasteiger partial charge in [0.15, 0.2) is 5.78 Å². The Kier molecular flexibility index (Phi) is 5.55. The zero-order chi connectivity index (χ0) is 18.1. The summed E-state index contributed by atoms with van der Waals surface area (Å²) in [6, 6.07) is 12.0. The van der Waals surface area contributed by atoms with Crippen LogP contribution in [-0.2, 0) is 0 Å². The van der Waals surface area contributed by atoms with E-state index in [0.29, 0.717) is 22.8 Å². The highest BCUT2D eigenvalue weighted by Crippen LogP contribution is 2.49. The van der Waals surface area contributed by atoms with Crippen molar-refractivity contribution in [2.75, 3.05) is 0 Å². The Morgan fingerprint density at radius 1 is 1.12 bits per heavy atom. The number of hydrogen-bond acceptors (Lipinski definition) is 1. The quantitative estimate of drug-likeness (QED) is 0.517. The molecule has 0 heterocycles. The zero-order valence-corrected chi connectivity index (χ0v) is 16.5. The lowest BCUT2D eigenvalue weighted by Gasteiger charge is -2.28. The molecular weight excluding hydrogens is 351 g/mol. The fraction of sp³-hybridized carbons (Fsp3) is 0.409. The van der Waals surface area contributed by atoms with Gasteiger partial charge < -0.3 is 0 Å². The third-order valence-electron chi connectivity index (χ3n) is 5.73. The molecule has 0 N–H and O–H groups in total. The maximum Gasteiger partial charge on any atom is 0.159 e. The summed E-state index contributed by atoms with van der Waals surface area (Å²) < 4.78 is 0. The molecule has 0 saturated heterocycles. The summed E-state index contributed by atoms with van der Waals surface area (Å²) in [5.41, 5.74) is 4.52. The third kappa shape index (κ3) is 3.78. The third-order valence-corrected chi connectivity index (χ3v) is 6.26. The number of halogens is 2. The molecule has 25 heavy (non-hydrogen) atoms. The fourth-order valence-electron chi connectivity index (χ4n) is 4.40. The van der Waals surface area contributed by atoms with Crippen molar-refractivity contribution in [3.8, 4) is 0 Å². The number of hydrogen-bond donors (Lipinski definition) is 0. The topological polar surface area (TPSA) is 17.1 Å². The first-order chi connectivity index (χ1) is 11.9. The van der Waals surface area contributed by atoms with Crippen molar-refractivity contribution in [2.45, 2.75) is 51.9 Å². The first-order valence-electron chi connectivity index (χ1n) is 8.95. The number of aryl methyl sites for hydroxylation is 1. The lowest BCUT2D eigenvalue weighted by molar-refractivity contribution is 0.101.